The second-order valence-corrected chi connectivity index (χ2v) is 10.2. The van der Waals surface area contributed by atoms with E-state index in [1.165, 1.54) is 0 Å². The number of hydrogen-bond acceptors (Lipinski definition) is 3. The molecule has 2 bridgehead atoms. The van der Waals surface area contributed by atoms with Crippen LogP contribution in [0.4, 0.5) is 0 Å². The molecule has 24 heavy (non-hydrogen) atoms. The number of fused-ring (bicyclic) bond motifs is 2. The van der Waals surface area contributed by atoms with Crippen molar-refractivity contribution in [1.82, 2.24) is 0 Å². The molecule has 0 aromatic carbocycles. The van der Waals surface area contributed by atoms with Crippen molar-refractivity contribution in [2.75, 3.05) is 0 Å². The Labute approximate surface area is 149 Å². The Hall–Kier alpha value is -0.570. The smallest absolute Gasteiger partial charge is 0.312 e. The molecular formula is C21H40O3. The van der Waals surface area contributed by atoms with E-state index < -0.39 is 16.6 Å². The van der Waals surface area contributed by atoms with E-state index in [4.69, 9.17) is 4.74 Å². The first kappa shape index (κ1) is 21.5. The quantitative estimate of drug-likeness (QED) is 0.691. The SMILES string of the molecule is CC.CCC(C)(C)C(=O)OC12CC(C)(C)CC(C)(CC(C)(O)C1)C2. The first-order valence-corrected chi connectivity index (χ1v) is 9.68. The lowest BCUT2D eigenvalue weighted by Gasteiger charge is -2.59. The number of carbonyl (C=O) groups excluding carboxylic acids is 1. The van der Waals surface area contributed by atoms with Crippen LogP contribution in [0.1, 0.15) is 101 Å². The van der Waals surface area contributed by atoms with E-state index >= 15 is 0 Å². The van der Waals surface area contributed by atoms with E-state index in [-0.39, 0.29) is 16.8 Å². The topological polar surface area (TPSA) is 46.5 Å². The Morgan fingerprint density at radius 2 is 1.54 bits per heavy atom. The fourth-order valence-corrected chi connectivity index (χ4v) is 5.51. The molecule has 2 aliphatic carbocycles. The van der Waals surface area contributed by atoms with Crippen molar-refractivity contribution in [1.29, 1.82) is 0 Å². The molecule has 3 unspecified atom stereocenters. The number of hydrogen-bond donors (Lipinski definition) is 1. The molecule has 2 aliphatic rings. The van der Waals surface area contributed by atoms with Crippen LogP contribution in [0.3, 0.4) is 0 Å². The maximum Gasteiger partial charge on any atom is 0.312 e. The first-order chi connectivity index (χ1) is 10.7. The van der Waals surface area contributed by atoms with Crippen molar-refractivity contribution in [3.05, 3.63) is 0 Å². The minimum Gasteiger partial charge on any atom is -0.459 e. The van der Waals surface area contributed by atoms with Gasteiger partial charge in [-0.05, 0) is 63.7 Å². The highest BCUT2D eigenvalue weighted by molar-refractivity contribution is 5.76. The minimum atomic E-state index is -0.750. The van der Waals surface area contributed by atoms with Crippen LogP contribution >= 0.6 is 0 Å². The van der Waals surface area contributed by atoms with Gasteiger partial charge in [-0.2, -0.15) is 0 Å². The number of esters is 1. The van der Waals surface area contributed by atoms with Crippen molar-refractivity contribution >= 4 is 5.97 Å². The average molecular weight is 341 g/mol. The van der Waals surface area contributed by atoms with Gasteiger partial charge in [0.15, 0.2) is 0 Å². The van der Waals surface area contributed by atoms with E-state index in [9.17, 15) is 9.90 Å². The van der Waals surface area contributed by atoms with Crippen LogP contribution in [-0.4, -0.2) is 22.3 Å². The average Bonchev–Trinajstić information content (AvgIpc) is 2.34. The van der Waals surface area contributed by atoms with Gasteiger partial charge in [0.05, 0.1) is 11.0 Å². The summed E-state index contributed by atoms with van der Waals surface area (Å²) in [7, 11) is 0. The number of aliphatic hydroxyl groups is 1. The molecule has 3 atom stereocenters. The summed E-state index contributed by atoms with van der Waals surface area (Å²) in [5.41, 5.74) is -1.54. The van der Waals surface area contributed by atoms with E-state index in [2.05, 4.69) is 20.8 Å². The molecule has 0 spiro atoms. The molecule has 142 valence electrons. The fraction of sp³-hybridized carbons (Fsp3) is 0.952. The van der Waals surface area contributed by atoms with Crippen molar-refractivity contribution in [3.63, 3.8) is 0 Å². The Morgan fingerprint density at radius 1 is 1.00 bits per heavy atom. The summed E-state index contributed by atoms with van der Waals surface area (Å²) in [6.45, 7) is 18.6. The van der Waals surface area contributed by atoms with Gasteiger partial charge in [0, 0.05) is 6.42 Å². The molecule has 0 saturated heterocycles. The van der Waals surface area contributed by atoms with Crippen LogP contribution in [-0.2, 0) is 9.53 Å². The molecular weight excluding hydrogens is 300 g/mol. The van der Waals surface area contributed by atoms with Crippen LogP contribution in [0.2, 0.25) is 0 Å². The highest BCUT2D eigenvalue weighted by Gasteiger charge is 2.59. The van der Waals surface area contributed by atoms with Gasteiger partial charge in [-0.25, -0.2) is 0 Å². The van der Waals surface area contributed by atoms with Gasteiger partial charge in [-0.3, -0.25) is 4.79 Å². The molecule has 3 heteroatoms. The van der Waals surface area contributed by atoms with Crippen LogP contribution in [0.5, 0.6) is 0 Å². The molecule has 0 amide bonds. The predicted octanol–water partition coefficient (Wildman–Crippen LogP) is 5.49. The molecule has 0 aromatic rings. The second-order valence-electron chi connectivity index (χ2n) is 10.2. The molecule has 2 rings (SSSR count). The third-order valence-electron chi connectivity index (χ3n) is 5.71. The molecule has 0 aromatic heterocycles. The molecule has 0 aliphatic heterocycles. The molecule has 3 nitrogen and oxygen atoms in total. The summed E-state index contributed by atoms with van der Waals surface area (Å²) in [5.74, 6) is -0.118. The summed E-state index contributed by atoms with van der Waals surface area (Å²) in [6.07, 6.45) is 4.92. The zero-order valence-electron chi connectivity index (χ0n) is 17.5. The van der Waals surface area contributed by atoms with Crippen molar-refractivity contribution in [3.8, 4) is 0 Å². The summed E-state index contributed by atoms with van der Waals surface area (Å²) in [5, 5.41) is 10.8. The fourth-order valence-electron chi connectivity index (χ4n) is 5.51. The van der Waals surface area contributed by atoms with Gasteiger partial charge >= 0.3 is 5.97 Å². The molecule has 0 radical (unpaired) electrons. The highest BCUT2D eigenvalue weighted by atomic mass is 16.6. The molecule has 0 heterocycles. The Kier molecular flexibility index (Phi) is 5.93. The Balaban J connectivity index is 0.00000139. The minimum absolute atomic E-state index is 0.0418. The lowest BCUT2D eigenvalue weighted by Crippen LogP contribution is -2.59. The Morgan fingerprint density at radius 3 is 2.04 bits per heavy atom. The molecule has 2 fully saturated rings. The maximum absolute atomic E-state index is 12.7. The van der Waals surface area contributed by atoms with Crippen LogP contribution in [0.25, 0.3) is 0 Å². The first-order valence-electron chi connectivity index (χ1n) is 9.68. The standard InChI is InChI=1S/C19H34O3.C2H6/c1-8-16(4,5)14(20)22-19-10-15(2,3)9-17(6,12-19)11-18(7,21)13-19;1-2/h21H,8-13H2,1-7H3;1-2H3. The van der Waals surface area contributed by atoms with Crippen molar-refractivity contribution in [2.24, 2.45) is 16.2 Å². The third-order valence-corrected chi connectivity index (χ3v) is 5.71. The molecule has 2 saturated carbocycles. The van der Waals surface area contributed by atoms with Gasteiger partial charge in [0.25, 0.3) is 0 Å². The van der Waals surface area contributed by atoms with E-state index in [1.54, 1.807) is 0 Å². The Bertz CT molecular complexity index is 434. The van der Waals surface area contributed by atoms with Gasteiger partial charge in [0.2, 0.25) is 0 Å². The van der Waals surface area contributed by atoms with Crippen molar-refractivity contribution < 1.29 is 14.6 Å². The summed E-state index contributed by atoms with van der Waals surface area (Å²) in [6, 6.07) is 0. The highest BCUT2D eigenvalue weighted by Crippen LogP contribution is 2.60. The van der Waals surface area contributed by atoms with Gasteiger partial charge in [-0.1, -0.05) is 41.5 Å². The predicted molar refractivity (Wildman–Crippen MR) is 99.8 cm³/mol. The van der Waals surface area contributed by atoms with E-state index in [0.29, 0.717) is 6.42 Å². The monoisotopic (exact) mass is 340 g/mol. The van der Waals surface area contributed by atoms with E-state index in [1.807, 2.05) is 41.5 Å². The number of ether oxygens (including phenoxy) is 1. The zero-order chi connectivity index (χ0) is 19.0. The lowest BCUT2D eigenvalue weighted by molar-refractivity contribution is -0.218. The third kappa shape index (κ3) is 4.74. The van der Waals surface area contributed by atoms with Crippen LogP contribution in [0, 0.1) is 16.2 Å². The van der Waals surface area contributed by atoms with Gasteiger partial charge in [-0.15, -0.1) is 0 Å². The number of carbonyl (C=O) groups is 1. The van der Waals surface area contributed by atoms with Crippen LogP contribution in [0.15, 0.2) is 0 Å². The largest absolute Gasteiger partial charge is 0.459 e. The van der Waals surface area contributed by atoms with E-state index in [0.717, 1.165) is 32.1 Å². The second kappa shape index (κ2) is 6.63. The number of rotatable bonds is 3. The lowest BCUT2D eigenvalue weighted by atomic mass is 9.50. The van der Waals surface area contributed by atoms with Gasteiger partial charge < -0.3 is 9.84 Å². The van der Waals surface area contributed by atoms with Crippen molar-refractivity contribution in [2.45, 2.75) is 112 Å². The summed E-state index contributed by atoms with van der Waals surface area (Å²) < 4.78 is 6.14. The van der Waals surface area contributed by atoms with Crippen LogP contribution < -0.4 is 0 Å². The normalized spacial score (nSPS) is 37.9. The zero-order valence-corrected chi connectivity index (χ0v) is 17.5. The summed E-state index contributed by atoms with van der Waals surface area (Å²) >= 11 is 0. The molecule has 1 N–H and O–H groups in total. The summed E-state index contributed by atoms with van der Waals surface area (Å²) in [4.78, 5) is 12.7. The van der Waals surface area contributed by atoms with Gasteiger partial charge in [0.1, 0.15) is 5.60 Å². The maximum atomic E-state index is 12.7.